The van der Waals surface area contributed by atoms with Gasteiger partial charge in [0, 0.05) is 11.8 Å². The van der Waals surface area contributed by atoms with Crippen LogP contribution in [-0.2, 0) is 0 Å². The number of alkyl halides is 2. The summed E-state index contributed by atoms with van der Waals surface area (Å²) in [5, 5.41) is 4.60. The first-order valence-electron chi connectivity index (χ1n) is 5.35. The fraction of sp³-hybridized carbons (Fsp3) is 0.455. The predicted octanol–water partition coefficient (Wildman–Crippen LogP) is 1.72. The van der Waals surface area contributed by atoms with Crippen LogP contribution in [0.1, 0.15) is 18.5 Å². The number of rotatable bonds is 5. The molecule has 1 aromatic rings. The van der Waals surface area contributed by atoms with Crippen LogP contribution < -0.4 is 15.4 Å². The zero-order valence-electron chi connectivity index (χ0n) is 10.1. The number of carbonyl (C=O) groups excluding carboxylic acids is 1. The molecule has 0 bridgehead atoms. The molecule has 0 aliphatic rings. The molecule has 0 saturated heterocycles. The van der Waals surface area contributed by atoms with Crippen LogP contribution in [0.2, 0.25) is 0 Å². The van der Waals surface area contributed by atoms with Crippen molar-refractivity contribution in [2.45, 2.75) is 19.4 Å². The van der Waals surface area contributed by atoms with E-state index in [1.54, 1.807) is 19.2 Å². The van der Waals surface area contributed by atoms with Gasteiger partial charge < -0.3 is 15.4 Å². The van der Waals surface area contributed by atoms with Gasteiger partial charge >= 0.3 is 6.03 Å². The molecule has 0 aliphatic heterocycles. The minimum atomic E-state index is -2.57. The zero-order valence-corrected chi connectivity index (χ0v) is 10.1. The van der Waals surface area contributed by atoms with Crippen molar-refractivity contribution in [3.8, 4) is 5.75 Å². The van der Waals surface area contributed by atoms with Gasteiger partial charge in [0.25, 0.3) is 6.43 Å². The lowest BCUT2D eigenvalue weighted by Crippen LogP contribution is -2.39. The lowest BCUT2D eigenvalue weighted by molar-refractivity contribution is 0.146. The van der Waals surface area contributed by atoms with Crippen molar-refractivity contribution >= 4 is 6.03 Å². The van der Waals surface area contributed by atoms with E-state index in [1.165, 1.54) is 13.3 Å². The van der Waals surface area contributed by atoms with E-state index in [1.807, 2.05) is 0 Å². The molecule has 1 aromatic heterocycles. The van der Waals surface area contributed by atoms with Crippen LogP contribution in [-0.4, -0.2) is 31.1 Å². The Hall–Kier alpha value is -1.92. The number of halogens is 2. The second-order valence-corrected chi connectivity index (χ2v) is 3.58. The summed E-state index contributed by atoms with van der Waals surface area (Å²) in [6.07, 6.45) is 0.513. The molecular weight excluding hydrogens is 244 g/mol. The van der Waals surface area contributed by atoms with Gasteiger partial charge in [-0.25, -0.2) is 13.6 Å². The Labute approximate surface area is 104 Å². The van der Waals surface area contributed by atoms with Crippen LogP contribution >= 0.6 is 0 Å². The monoisotopic (exact) mass is 259 g/mol. The van der Waals surface area contributed by atoms with E-state index in [0.717, 1.165) is 5.56 Å². The highest BCUT2D eigenvalue weighted by Crippen LogP contribution is 2.22. The number of hydrogen-bond acceptors (Lipinski definition) is 3. The maximum absolute atomic E-state index is 11.9. The number of hydrogen-bond donors (Lipinski definition) is 2. The van der Waals surface area contributed by atoms with Crippen molar-refractivity contribution in [2.75, 3.05) is 13.7 Å². The summed E-state index contributed by atoms with van der Waals surface area (Å²) in [4.78, 5) is 15.2. The summed E-state index contributed by atoms with van der Waals surface area (Å²) < 4.78 is 28.9. The molecular formula is C11H15F2N3O2. The molecule has 5 nitrogen and oxygen atoms in total. The number of urea groups is 1. The van der Waals surface area contributed by atoms with Gasteiger partial charge in [-0.05, 0) is 13.0 Å². The Morgan fingerprint density at radius 3 is 2.89 bits per heavy atom. The summed E-state index contributed by atoms with van der Waals surface area (Å²) in [6.45, 7) is 1.05. The van der Waals surface area contributed by atoms with Crippen molar-refractivity contribution in [3.05, 3.63) is 24.0 Å². The summed E-state index contributed by atoms with van der Waals surface area (Å²) in [7, 11) is 1.49. The van der Waals surface area contributed by atoms with Crippen molar-refractivity contribution in [1.29, 1.82) is 0 Å². The van der Waals surface area contributed by atoms with E-state index < -0.39 is 19.0 Å². The summed E-state index contributed by atoms with van der Waals surface area (Å²) in [6, 6.07) is 0.666. The normalized spacial score (nSPS) is 12.1. The third kappa shape index (κ3) is 4.15. The molecule has 0 radical (unpaired) electrons. The molecule has 0 spiro atoms. The van der Waals surface area contributed by atoms with Crippen LogP contribution in [0.15, 0.2) is 18.5 Å². The van der Waals surface area contributed by atoms with Crippen molar-refractivity contribution in [1.82, 2.24) is 15.6 Å². The van der Waals surface area contributed by atoms with E-state index in [4.69, 9.17) is 4.74 Å². The number of nitrogens with zero attached hydrogens (tertiary/aromatic N) is 1. The molecule has 2 amide bonds. The first kappa shape index (κ1) is 14.1. The largest absolute Gasteiger partial charge is 0.495 e. The second kappa shape index (κ2) is 6.73. The van der Waals surface area contributed by atoms with Gasteiger partial charge in [-0.1, -0.05) is 0 Å². The van der Waals surface area contributed by atoms with E-state index >= 15 is 0 Å². The molecule has 0 aromatic carbocycles. The number of pyridine rings is 1. The second-order valence-electron chi connectivity index (χ2n) is 3.58. The van der Waals surface area contributed by atoms with Crippen LogP contribution in [0.3, 0.4) is 0 Å². The average Bonchev–Trinajstić information content (AvgIpc) is 2.36. The number of nitrogens with one attached hydrogen (secondary N) is 2. The van der Waals surface area contributed by atoms with Gasteiger partial charge in [-0.2, -0.15) is 0 Å². The summed E-state index contributed by atoms with van der Waals surface area (Å²) in [5.74, 6) is 0.527. The number of methoxy groups -OCH3 is 1. The SMILES string of the molecule is COc1cnccc1C(C)NC(=O)NCC(F)F. The Morgan fingerprint density at radius 2 is 2.28 bits per heavy atom. The van der Waals surface area contributed by atoms with Crippen molar-refractivity contribution in [2.24, 2.45) is 0 Å². The average molecular weight is 259 g/mol. The molecule has 1 heterocycles. The predicted molar refractivity (Wildman–Crippen MR) is 61.7 cm³/mol. The zero-order chi connectivity index (χ0) is 13.5. The van der Waals surface area contributed by atoms with Gasteiger partial charge in [0.1, 0.15) is 5.75 Å². The topological polar surface area (TPSA) is 63.2 Å². The highest BCUT2D eigenvalue weighted by Gasteiger charge is 2.14. The summed E-state index contributed by atoms with van der Waals surface area (Å²) >= 11 is 0. The van der Waals surface area contributed by atoms with E-state index in [2.05, 4.69) is 15.6 Å². The molecule has 1 atom stereocenters. The van der Waals surface area contributed by atoms with Gasteiger partial charge in [0.05, 0.1) is 25.9 Å². The molecule has 0 saturated carbocycles. The Kier molecular flexibility index (Phi) is 5.29. The molecule has 0 fully saturated rings. The summed E-state index contributed by atoms with van der Waals surface area (Å²) in [5.41, 5.74) is 0.722. The van der Waals surface area contributed by atoms with Crippen molar-refractivity contribution < 1.29 is 18.3 Å². The Morgan fingerprint density at radius 1 is 1.56 bits per heavy atom. The first-order chi connectivity index (χ1) is 8.54. The first-order valence-corrected chi connectivity index (χ1v) is 5.35. The molecule has 18 heavy (non-hydrogen) atoms. The maximum Gasteiger partial charge on any atom is 0.315 e. The van der Waals surface area contributed by atoms with Gasteiger partial charge in [-0.15, -0.1) is 0 Å². The smallest absolute Gasteiger partial charge is 0.315 e. The van der Waals surface area contributed by atoms with Crippen molar-refractivity contribution in [3.63, 3.8) is 0 Å². The third-order valence-corrected chi connectivity index (χ3v) is 2.27. The molecule has 0 aliphatic carbocycles. The molecule has 1 unspecified atom stereocenters. The van der Waals surface area contributed by atoms with E-state index in [0.29, 0.717) is 5.75 Å². The minimum Gasteiger partial charge on any atom is -0.495 e. The minimum absolute atomic E-state index is 0.374. The van der Waals surface area contributed by atoms with Crippen LogP contribution in [0.4, 0.5) is 13.6 Å². The molecule has 7 heteroatoms. The highest BCUT2D eigenvalue weighted by molar-refractivity contribution is 5.74. The van der Waals surface area contributed by atoms with Crippen LogP contribution in [0, 0.1) is 0 Å². The number of carbonyl (C=O) groups is 1. The Bertz CT molecular complexity index is 402. The molecule has 1 rings (SSSR count). The molecule has 2 N–H and O–H groups in total. The number of amides is 2. The fourth-order valence-electron chi connectivity index (χ4n) is 1.41. The van der Waals surface area contributed by atoms with Gasteiger partial charge in [0.2, 0.25) is 0 Å². The van der Waals surface area contributed by atoms with Gasteiger partial charge in [0.15, 0.2) is 0 Å². The fourth-order valence-corrected chi connectivity index (χ4v) is 1.41. The van der Waals surface area contributed by atoms with Crippen LogP contribution in [0.5, 0.6) is 5.75 Å². The van der Waals surface area contributed by atoms with Gasteiger partial charge in [-0.3, -0.25) is 4.98 Å². The maximum atomic E-state index is 11.9. The number of aromatic nitrogens is 1. The highest BCUT2D eigenvalue weighted by atomic mass is 19.3. The lowest BCUT2D eigenvalue weighted by atomic mass is 10.1. The molecule has 100 valence electrons. The standard InChI is InChI=1S/C11H15F2N3O2/c1-7(16-11(17)15-6-10(12)13)8-3-4-14-5-9(8)18-2/h3-5,7,10H,6H2,1-2H3,(H2,15,16,17). The lowest BCUT2D eigenvalue weighted by Gasteiger charge is -2.17. The quantitative estimate of drug-likeness (QED) is 0.846. The van der Waals surface area contributed by atoms with E-state index in [9.17, 15) is 13.6 Å². The van der Waals surface area contributed by atoms with E-state index in [-0.39, 0.29) is 6.04 Å². The third-order valence-electron chi connectivity index (χ3n) is 2.27. The van der Waals surface area contributed by atoms with Crippen LogP contribution in [0.25, 0.3) is 0 Å². The number of ether oxygens (including phenoxy) is 1. The Balaban J connectivity index is 2.59.